The van der Waals surface area contributed by atoms with Gasteiger partial charge in [0.2, 0.25) is 0 Å². The Morgan fingerprint density at radius 2 is 2.14 bits per heavy atom. The van der Waals surface area contributed by atoms with Crippen LogP contribution < -0.4 is 5.32 Å². The van der Waals surface area contributed by atoms with Gasteiger partial charge in [-0.05, 0) is 61.7 Å². The summed E-state index contributed by atoms with van der Waals surface area (Å²) >= 11 is 1.98. The highest BCUT2D eigenvalue weighted by Crippen LogP contribution is 2.36. The normalized spacial score (nSPS) is 15.3. The van der Waals surface area contributed by atoms with Gasteiger partial charge in [-0.3, -0.25) is 4.98 Å². The second-order valence-electron chi connectivity index (χ2n) is 5.63. The Balaban J connectivity index is 1.76. The number of hydrogen-bond acceptors (Lipinski definition) is 3. The number of rotatable bonds is 3. The molecule has 106 valence electrons. The van der Waals surface area contributed by atoms with Gasteiger partial charge in [0.25, 0.3) is 0 Å². The maximum Gasteiger partial charge on any atom is 0.0702 e. The van der Waals surface area contributed by atoms with E-state index in [1.54, 1.807) is 10.4 Å². The molecule has 0 radical (unpaired) electrons. The Morgan fingerprint density at radius 1 is 1.19 bits per heavy atom. The van der Waals surface area contributed by atoms with Gasteiger partial charge in [0.15, 0.2) is 0 Å². The predicted molar refractivity (Wildman–Crippen MR) is 89.0 cm³/mol. The molecule has 0 aliphatic heterocycles. The number of benzene rings is 1. The van der Waals surface area contributed by atoms with Crippen LogP contribution in [0.15, 0.2) is 42.6 Å². The van der Waals surface area contributed by atoms with Crippen molar-refractivity contribution < 1.29 is 0 Å². The minimum atomic E-state index is 0.283. The van der Waals surface area contributed by atoms with Gasteiger partial charge in [0.05, 0.1) is 11.6 Å². The van der Waals surface area contributed by atoms with Crippen LogP contribution in [0.5, 0.6) is 0 Å². The van der Waals surface area contributed by atoms with E-state index < -0.39 is 0 Å². The second kappa shape index (κ2) is 5.24. The Labute approximate surface area is 128 Å². The summed E-state index contributed by atoms with van der Waals surface area (Å²) in [6.45, 7) is 0. The van der Waals surface area contributed by atoms with E-state index in [0.717, 1.165) is 5.52 Å². The first-order valence-corrected chi connectivity index (χ1v) is 8.30. The van der Waals surface area contributed by atoms with Crippen LogP contribution in [0.1, 0.15) is 33.3 Å². The van der Waals surface area contributed by atoms with Crippen LogP contribution in [0.25, 0.3) is 10.9 Å². The van der Waals surface area contributed by atoms with Crippen LogP contribution in [-0.4, -0.2) is 12.0 Å². The molecule has 0 saturated carbocycles. The fourth-order valence-corrected chi connectivity index (χ4v) is 4.64. The molecule has 0 spiro atoms. The molecule has 1 N–H and O–H groups in total. The van der Waals surface area contributed by atoms with Crippen LogP contribution in [-0.2, 0) is 12.8 Å². The van der Waals surface area contributed by atoms with Crippen molar-refractivity contribution in [3.8, 4) is 0 Å². The molecule has 3 heteroatoms. The quantitative estimate of drug-likeness (QED) is 0.787. The Kier molecular flexibility index (Phi) is 3.24. The van der Waals surface area contributed by atoms with Gasteiger partial charge in [-0.2, -0.15) is 0 Å². The third-order valence-electron chi connectivity index (χ3n) is 4.30. The predicted octanol–water partition coefficient (Wildman–Crippen LogP) is 4.09. The van der Waals surface area contributed by atoms with Crippen molar-refractivity contribution in [2.45, 2.75) is 25.3 Å². The number of nitrogens with zero attached hydrogens (tertiary/aromatic N) is 1. The number of aryl methyl sites for hydroxylation is 2. The van der Waals surface area contributed by atoms with Crippen molar-refractivity contribution in [2.75, 3.05) is 7.05 Å². The minimum Gasteiger partial charge on any atom is -0.309 e. The zero-order valence-corrected chi connectivity index (χ0v) is 12.9. The van der Waals surface area contributed by atoms with Crippen LogP contribution in [0.3, 0.4) is 0 Å². The van der Waals surface area contributed by atoms with E-state index >= 15 is 0 Å². The summed E-state index contributed by atoms with van der Waals surface area (Å²) in [6.07, 6.45) is 5.69. The molecule has 0 fully saturated rings. The van der Waals surface area contributed by atoms with Gasteiger partial charge in [0, 0.05) is 21.3 Å². The molecule has 1 aliphatic carbocycles. The molecule has 4 rings (SSSR count). The molecular formula is C18H18N2S. The van der Waals surface area contributed by atoms with Crippen LogP contribution >= 0.6 is 11.3 Å². The van der Waals surface area contributed by atoms with E-state index in [2.05, 4.69) is 40.6 Å². The van der Waals surface area contributed by atoms with E-state index in [-0.39, 0.29) is 6.04 Å². The Morgan fingerprint density at radius 3 is 3.00 bits per heavy atom. The van der Waals surface area contributed by atoms with E-state index in [4.69, 9.17) is 0 Å². The highest BCUT2D eigenvalue weighted by atomic mass is 32.1. The number of fused-ring (bicyclic) bond motifs is 2. The van der Waals surface area contributed by atoms with Gasteiger partial charge in [-0.15, -0.1) is 11.3 Å². The highest BCUT2D eigenvalue weighted by Gasteiger charge is 2.20. The molecule has 2 nitrogen and oxygen atoms in total. The van der Waals surface area contributed by atoms with E-state index in [1.165, 1.54) is 35.1 Å². The van der Waals surface area contributed by atoms with Gasteiger partial charge < -0.3 is 5.32 Å². The minimum absolute atomic E-state index is 0.283. The number of nitrogens with one attached hydrogen (secondary N) is 1. The van der Waals surface area contributed by atoms with Crippen molar-refractivity contribution in [1.29, 1.82) is 0 Å². The number of thiophene rings is 1. The van der Waals surface area contributed by atoms with Gasteiger partial charge in [-0.25, -0.2) is 0 Å². The Bertz CT molecular complexity index is 769. The summed E-state index contributed by atoms with van der Waals surface area (Å²) < 4.78 is 0. The van der Waals surface area contributed by atoms with Gasteiger partial charge in [0.1, 0.15) is 0 Å². The van der Waals surface area contributed by atoms with Gasteiger partial charge in [-0.1, -0.05) is 12.1 Å². The van der Waals surface area contributed by atoms with E-state index in [0.29, 0.717) is 0 Å². The summed E-state index contributed by atoms with van der Waals surface area (Å²) in [7, 11) is 2.04. The first-order chi connectivity index (χ1) is 10.3. The Hall–Kier alpha value is -1.71. The standard InChI is InChI=1S/C18H18N2S/c1-19-18(17-11-13-4-2-6-16(13)21-17)14-7-8-15-12(10-14)5-3-9-20-15/h3,5,7-11,18-19H,2,4,6H2,1H3. The molecule has 1 atom stereocenters. The lowest BCUT2D eigenvalue weighted by atomic mass is 10.0. The first-order valence-electron chi connectivity index (χ1n) is 7.48. The van der Waals surface area contributed by atoms with Crippen LogP contribution in [0.2, 0.25) is 0 Å². The third kappa shape index (κ3) is 2.27. The maximum atomic E-state index is 4.40. The molecule has 1 aromatic carbocycles. The molecule has 0 saturated heterocycles. The van der Waals surface area contributed by atoms with Crippen molar-refractivity contribution in [3.63, 3.8) is 0 Å². The molecule has 2 heterocycles. The first kappa shape index (κ1) is 13.0. The molecule has 0 bridgehead atoms. The maximum absolute atomic E-state index is 4.40. The summed E-state index contributed by atoms with van der Waals surface area (Å²) in [5.41, 5.74) is 3.94. The third-order valence-corrected chi connectivity index (χ3v) is 5.60. The fraction of sp³-hybridized carbons (Fsp3) is 0.278. The number of pyridine rings is 1. The lowest BCUT2D eigenvalue weighted by Gasteiger charge is -2.16. The van der Waals surface area contributed by atoms with E-state index in [9.17, 15) is 0 Å². The summed E-state index contributed by atoms with van der Waals surface area (Å²) in [5.74, 6) is 0. The average Bonchev–Trinajstić information content (AvgIpc) is 3.09. The molecular weight excluding hydrogens is 276 g/mol. The molecule has 0 amide bonds. The summed E-state index contributed by atoms with van der Waals surface area (Å²) in [4.78, 5) is 7.43. The lowest BCUT2D eigenvalue weighted by molar-refractivity contribution is 0.704. The van der Waals surface area contributed by atoms with Crippen molar-refractivity contribution in [2.24, 2.45) is 0 Å². The van der Waals surface area contributed by atoms with Crippen LogP contribution in [0.4, 0.5) is 0 Å². The highest BCUT2D eigenvalue weighted by molar-refractivity contribution is 7.12. The zero-order valence-electron chi connectivity index (χ0n) is 12.1. The topological polar surface area (TPSA) is 24.9 Å². The smallest absolute Gasteiger partial charge is 0.0702 e. The molecule has 2 aromatic heterocycles. The van der Waals surface area contributed by atoms with Crippen LogP contribution in [0, 0.1) is 0 Å². The average molecular weight is 294 g/mol. The summed E-state index contributed by atoms with van der Waals surface area (Å²) in [5, 5.41) is 4.69. The SMILES string of the molecule is CNC(c1ccc2ncccc2c1)c1cc2c(s1)CCC2. The monoisotopic (exact) mass is 294 g/mol. The van der Waals surface area contributed by atoms with Gasteiger partial charge >= 0.3 is 0 Å². The lowest BCUT2D eigenvalue weighted by Crippen LogP contribution is -2.16. The summed E-state index contributed by atoms with van der Waals surface area (Å²) in [6, 6.07) is 13.4. The zero-order chi connectivity index (χ0) is 14.2. The largest absolute Gasteiger partial charge is 0.309 e. The van der Waals surface area contributed by atoms with E-state index in [1.807, 2.05) is 30.6 Å². The molecule has 1 aliphatic rings. The second-order valence-corrected chi connectivity index (χ2v) is 6.80. The fourth-order valence-electron chi connectivity index (χ4n) is 3.24. The van der Waals surface area contributed by atoms with Crippen molar-refractivity contribution in [3.05, 3.63) is 63.5 Å². The number of hydrogen-bond donors (Lipinski definition) is 1. The molecule has 3 aromatic rings. The molecule has 1 unspecified atom stereocenters. The number of aromatic nitrogens is 1. The molecule has 21 heavy (non-hydrogen) atoms. The van der Waals surface area contributed by atoms with Crippen molar-refractivity contribution in [1.82, 2.24) is 10.3 Å². The van der Waals surface area contributed by atoms with Crippen molar-refractivity contribution >= 4 is 22.2 Å².